The standard InChI is InChI=1S/C17H28N2O2S/c1-11(2)9-15-18-12(3)16(22-15)17(21)19(4)14-7-5-13(10-20)6-8-14/h11,13-14,20H,5-10H2,1-4H3. The first-order valence-electron chi connectivity index (χ1n) is 8.26. The van der Waals surface area contributed by atoms with Gasteiger partial charge in [-0.05, 0) is 44.4 Å². The van der Waals surface area contributed by atoms with Crippen molar-refractivity contribution in [2.24, 2.45) is 11.8 Å². The normalized spacial score (nSPS) is 22.1. The number of aliphatic hydroxyl groups excluding tert-OH is 1. The number of thiazole rings is 1. The number of carbonyl (C=O) groups excluding carboxylic acids is 1. The number of hydrogen-bond acceptors (Lipinski definition) is 4. The van der Waals surface area contributed by atoms with Crippen LogP contribution in [-0.4, -0.2) is 40.6 Å². The molecule has 1 saturated carbocycles. The second-order valence-corrected chi connectivity index (χ2v) is 7.98. The maximum Gasteiger partial charge on any atom is 0.265 e. The Morgan fingerprint density at radius 2 is 2.00 bits per heavy atom. The minimum Gasteiger partial charge on any atom is -0.396 e. The fourth-order valence-electron chi connectivity index (χ4n) is 3.13. The summed E-state index contributed by atoms with van der Waals surface area (Å²) in [5.41, 5.74) is 0.863. The SMILES string of the molecule is Cc1nc(CC(C)C)sc1C(=O)N(C)C1CCC(CO)CC1. The first-order valence-corrected chi connectivity index (χ1v) is 9.08. The summed E-state index contributed by atoms with van der Waals surface area (Å²) in [6, 6.07) is 0.297. The predicted molar refractivity (Wildman–Crippen MR) is 90.3 cm³/mol. The molecule has 5 heteroatoms. The minimum atomic E-state index is 0.109. The molecular weight excluding hydrogens is 296 g/mol. The molecule has 2 rings (SSSR count). The van der Waals surface area contributed by atoms with Crippen molar-refractivity contribution < 1.29 is 9.90 Å². The van der Waals surface area contributed by atoms with Gasteiger partial charge in [0.1, 0.15) is 4.88 Å². The zero-order valence-electron chi connectivity index (χ0n) is 14.1. The Morgan fingerprint density at radius 3 is 2.55 bits per heavy atom. The Balaban J connectivity index is 2.03. The lowest BCUT2D eigenvalue weighted by molar-refractivity contribution is 0.0656. The van der Waals surface area contributed by atoms with Crippen LogP contribution in [0.1, 0.15) is 59.9 Å². The van der Waals surface area contributed by atoms with E-state index in [1.54, 1.807) is 11.3 Å². The number of aromatic nitrogens is 1. The van der Waals surface area contributed by atoms with Gasteiger partial charge in [0.15, 0.2) is 0 Å². The van der Waals surface area contributed by atoms with Crippen molar-refractivity contribution in [3.05, 3.63) is 15.6 Å². The van der Waals surface area contributed by atoms with Gasteiger partial charge >= 0.3 is 0 Å². The van der Waals surface area contributed by atoms with Crippen LogP contribution in [0.15, 0.2) is 0 Å². The molecule has 0 atom stereocenters. The van der Waals surface area contributed by atoms with E-state index in [9.17, 15) is 9.90 Å². The van der Waals surface area contributed by atoms with Gasteiger partial charge in [-0.3, -0.25) is 4.79 Å². The fraction of sp³-hybridized carbons (Fsp3) is 0.765. The number of aryl methyl sites for hydroxylation is 1. The average Bonchev–Trinajstić information content (AvgIpc) is 2.85. The molecule has 1 aliphatic carbocycles. The van der Waals surface area contributed by atoms with Crippen LogP contribution in [0.3, 0.4) is 0 Å². The van der Waals surface area contributed by atoms with Gasteiger partial charge < -0.3 is 10.0 Å². The number of carbonyl (C=O) groups is 1. The summed E-state index contributed by atoms with van der Waals surface area (Å²) in [5, 5.41) is 10.3. The molecule has 0 unspecified atom stereocenters. The maximum atomic E-state index is 12.8. The lowest BCUT2D eigenvalue weighted by atomic mass is 9.86. The molecule has 0 spiro atoms. The molecule has 1 amide bonds. The number of nitrogens with zero attached hydrogens (tertiary/aromatic N) is 2. The van der Waals surface area contributed by atoms with E-state index in [1.165, 1.54) is 0 Å². The maximum absolute atomic E-state index is 12.8. The second kappa shape index (κ2) is 7.55. The van der Waals surface area contributed by atoms with Crippen LogP contribution in [0.25, 0.3) is 0 Å². The van der Waals surface area contributed by atoms with Crippen LogP contribution in [0.4, 0.5) is 0 Å². The van der Waals surface area contributed by atoms with Crippen LogP contribution in [0, 0.1) is 18.8 Å². The largest absolute Gasteiger partial charge is 0.396 e. The lowest BCUT2D eigenvalue weighted by Crippen LogP contribution is -2.39. The zero-order chi connectivity index (χ0) is 16.3. The summed E-state index contributed by atoms with van der Waals surface area (Å²) in [4.78, 5) is 20.0. The Hall–Kier alpha value is -0.940. The summed E-state index contributed by atoms with van der Waals surface area (Å²) in [6.45, 7) is 6.55. The van der Waals surface area contributed by atoms with Crippen molar-refractivity contribution in [2.75, 3.05) is 13.7 Å². The molecular formula is C17H28N2O2S. The minimum absolute atomic E-state index is 0.109. The van der Waals surface area contributed by atoms with Gasteiger partial charge in [-0.25, -0.2) is 4.98 Å². The third kappa shape index (κ3) is 4.07. The summed E-state index contributed by atoms with van der Waals surface area (Å²) in [6.07, 6.45) is 4.94. The topological polar surface area (TPSA) is 53.4 Å². The Labute approximate surface area is 137 Å². The molecule has 1 aromatic heterocycles. The number of hydrogen-bond donors (Lipinski definition) is 1. The van der Waals surface area contributed by atoms with Gasteiger partial charge in [0.2, 0.25) is 0 Å². The molecule has 0 aliphatic heterocycles. The Kier molecular flexibility index (Phi) is 5.98. The monoisotopic (exact) mass is 324 g/mol. The van der Waals surface area contributed by atoms with Crippen LogP contribution in [0.5, 0.6) is 0 Å². The second-order valence-electron chi connectivity index (χ2n) is 6.89. The van der Waals surface area contributed by atoms with E-state index in [4.69, 9.17) is 0 Å². The average molecular weight is 324 g/mol. The van der Waals surface area contributed by atoms with Gasteiger partial charge in [-0.2, -0.15) is 0 Å². The molecule has 4 nitrogen and oxygen atoms in total. The Morgan fingerprint density at radius 1 is 1.36 bits per heavy atom. The van der Waals surface area contributed by atoms with Crippen LogP contribution in [0.2, 0.25) is 0 Å². The van der Waals surface area contributed by atoms with Crippen LogP contribution in [-0.2, 0) is 6.42 Å². The molecule has 1 aromatic rings. The van der Waals surface area contributed by atoms with Crippen molar-refractivity contribution in [2.45, 2.75) is 58.9 Å². The quantitative estimate of drug-likeness (QED) is 0.904. The molecule has 1 N–H and O–H groups in total. The molecule has 0 radical (unpaired) electrons. The summed E-state index contributed by atoms with van der Waals surface area (Å²) >= 11 is 1.55. The van der Waals surface area contributed by atoms with Crippen molar-refractivity contribution in [1.29, 1.82) is 0 Å². The Bertz CT molecular complexity index is 505. The van der Waals surface area contributed by atoms with E-state index in [2.05, 4.69) is 18.8 Å². The van der Waals surface area contributed by atoms with Gasteiger partial charge in [-0.15, -0.1) is 11.3 Å². The highest BCUT2D eigenvalue weighted by Gasteiger charge is 2.28. The van der Waals surface area contributed by atoms with Gasteiger partial charge in [0.25, 0.3) is 5.91 Å². The molecule has 0 saturated heterocycles. The molecule has 0 aromatic carbocycles. The van der Waals surface area contributed by atoms with E-state index in [0.29, 0.717) is 17.9 Å². The number of rotatable bonds is 5. The molecule has 22 heavy (non-hydrogen) atoms. The van der Waals surface area contributed by atoms with Gasteiger partial charge in [0.05, 0.1) is 10.7 Å². The van der Waals surface area contributed by atoms with Crippen LogP contribution >= 0.6 is 11.3 Å². The molecule has 0 bridgehead atoms. The summed E-state index contributed by atoms with van der Waals surface area (Å²) in [7, 11) is 1.91. The first kappa shape index (κ1) is 17.4. The summed E-state index contributed by atoms with van der Waals surface area (Å²) in [5.74, 6) is 1.08. The van der Waals surface area contributed by atoms with E-state index >= 15 is 0 Å². The third-order valence-corrected chi connectivity index (χ3v) is 5.73. The highest BCUT2D eigenvalue weighted by Crippen LogP contribution is 2.29. The highest BCUT2D eigenvalue weighted by molar-refractivity contribution is 7.13. The van der Waals surface area contributed by atoms with Crippen molar-refractivity contribution in [3.8, 4) is 0 Å². The van der Waals surface area contributed by atoms with Crippen LogP contribution < -0.4 is 0 Å². The van der Waals surface area contributed by atoms with Crippen molar-refractivity contribution in [1.82, 2.24) is 9.88 Å². The van der Waals surface area contributed by atoms with Crippen molar-refractivity contribution >= 4 is 17.2 Å². The molecule has 1 heterocycles. The molecule has 1 aliphatic rings. The third-order valence-electron chi connectivity index (χ3n) is 4.56. The summed E-state index contributed by atoms with van der Waals surface area (Å²) < 4.78 is 0. The van der Waals surface area contributed by atoms with E-state index in [-0.39, 0.29) is 12.5 Å². The first-order chi connectivity index (χ1) is 10.4. The molecule has 124 valence electrons. The lowest BCUT2D eigenvalue weighted by Gasteiger charge is -2.34. The van der Waals surface area contributed by atoms with Gasteiger partial charge in [0, 0.05) is 26.1 Å². The van der Waals surface area contributed by atoms with E-state index in [0.717, 1.165) is 47.7 Å². The predicted octanol–water partition coefficient (Wildman–Crippen LogP) is 3.27. The number of aliphatic hydroxyl groups is 1. The number of amides is 1. The smallest absolute Gasteiger partial charge is 0.265 e. The molecule has 1 fully saturated rings. The van der Waals surface area contributed by atoms with E-state index in [1.807, 2.05) is 18.9 Å². The highest BCUT2D eigenvalue weighted by atomic mass is 32.1. The van der Waals surface area contributed by atoms with Gasteiger partial charge in [-0.1, -0.05) is 13.8 Å². The van der Waals surface area contributed by atoms with Crippen molar-refractivity contribution in [3.63, 3.8) is 0 Å². The van der Waals surface area contributed by atoms with E-state index < -0.39 is 0 Å². The zero-order valence-corrected chi connectivity index (χ0v) is 14.9. The fourth-order valence-corrected chi connectivity index (χ4v) is 4.39.